The van der Waals surface area contributed by atoms with Crippen molar-refractivity contribution in [3.8, 4) is 5.75 Å². The van der Waals surface area contributed by atoms with Crippen molar-refractivity contribution in [3.63, 3.8) is 0 Å². The molecule has 1 aliphatic heterocycles. The molecule has 1 N–H and O–H groups in total. The number of hydrogen-bond acceptors (Lipinski definition) is 4. The molecule has 3 aliphatic rings. The predicted octanol–water partition coefficient (Wildman–Crippen LogP) is 5.07. The molecule has 0 radical (unpaired) electrons. The van der Waals surface area contributed by atoms with Crippen LogP contribution in [0.1, 0.15) is 82.3 Å². The molecule has 5 heteroatoms. The van der Waals surface area contributed by atoms with Crippen molar-refractivity contribution in [1.82, 2.24) is 5.32 Å². The van der Waals surface area contributed by atoms with Gasteiger partial charge < -0.3 is 9.47 Å². The van der Waals surface area contributed by atoms with E-state index in [0.717, 1.165) is 43.2 Å². The number of esters is 1. The smallest absolute Gasteiger partial charge is 0.336 e. The Kier molecular flexibility index (Phi) is 5.21. The fraction of sp³-hybridized carbons (Fsp3) is 0.609. The van der Waals surface area contributed by atoms with Gasteiger partial charge in [0, 0.05) is 11.1 Å². The van der Waals surface area contributed by atoms with Crippen molar-refractivity contribution in [2.75, 3.05) is 7.05 Å². The highest BCUT2D eigenvalue weighted by Crippen LogP contribution is 2.47. The summed E-state index contributed by atoms with van der Waals surface area (Å²) in [4.78, 5) is 12.5. The number of rotatable bonds is 5. The standard InChI is InChI=1S/C23H30FNO3/c1-14(2)17-12-20(24)19(13-21(17)27-15-8-4-5-9-15)23(25-3)18-11-7-6-10-16(18)22(26)28-23/h12-15,25H,4-11H2,1-3H3/t23-/m1/s1. The lowest BCUT2D eigenvalue weighted by Crippen LogP contribution is -2.43. The molecule has 0 bridgehead atoms. The number of carbonyl (C=O) groups is 1. The third-order valence-corrected chi connectivity index (χ3v) is 6.43. The Morgan fingerprint density at radius 1 is 1.18 bits per heavy atom. The molecule has 1 aromatic carbocycles. The summed E-state index contributed by atoms with van der Waals surface area (Å²) in [6.45, 7) is 4.09. The number of likely N-dealkylation sites (N-methyl/N-ethyl adjacent to an activating group) is 1. The first kappa shape index (κ1) is 19.4. The number of hydrogen-bond donors (Lipinski definition) is 1. The number of benzene rings is 1. The topological polar surface area (TPSA) is 47.6 Å². The van der Waals surface area contributed by atoms with E-state index in [0.29, 0.717) is 23.3 Å². The minimum absolute atomic E-state index is 0.140. The van der Waals surface area contributed by atoms with Crippen molar-refractivity contribution in [3.05, 3.63) is 40.2 Å². The third kappa shape index (κ3) is 3.14. The van der Waals surface area contributed by atoms with E-state index in [4.69, 9.17) is 9.47 Å². The van der Waals surface area contributed by atoms with Crippen LogP contribution in [0.3, 0.4) is 0 Å². The first-order valence-electron chi connectivity index (χ1n) is 10.6. The van der Waals surface area contributed by atoms with Gasteiger partial charge in [-0.25, -0.2) is 9.18 Å². The minimum atomic E-state index is -1.22. The number of ether oxygens (including phenoxy) is 2. The maximum absolute atomic E-state index is 15.4. The molecule has 28 heavy (non-hydrogen) atoms. The van der Waals surface area contributed by atoms with Crippen molar-refractivity contribution in [2.45, 2.75) is 83.0 Å². The molecule has 0 amide bonds. The van der Waals surface area contributed by atoms with Crippen LogP contribution in [-0.4, -0.2) is 19.1 Å². The van der Waals surface area contributed by atoms with E-state index in [1.165, 1.54) is 12.8 Å². The van der Waals surface area contributed by atoms with Crippen LogP contribution in [0.15, 0.2) is 23.3 Å². The highest BCUT2D eigenvalue weighted by atomic mass is 19.1. The zero-order valence-corrected chi connectivity index (χ0v) is 17.1. The summed E-state index contributed by atoms with van der Waals surface area (Å²) in [5.74, 6) is 0.175. The summed E-state index contributed by atoms with van der Waals surface area (Å²) in [5, 5.41) is 3.14. The predicted molar refractivity (Wildman–Crippen MR) is 106 cm³/mol. The lowest BCUT2D eigenvalue weighted by molar-refractivity contribution is -0.150. The number of cyclic esters (lactones) is 1. The van der Waals surface area contributed by atoms with Crippen molar-refractivity contribution < 1.29 is 18.7 Å². The minimum Gasteiger partial charge on any atom is -0.490 e. The summed E-state index contributed by atoms with van der Waals surface area (Å²) in [5.41, 5.74) is 1.59. The first-order valence-corrected chi connectivity index (χ1v) is 10.6. The molecular weight excluding hydrogens is 357 g/mol. The largest absolute Gasteiger partial charge is 0.490 e. The summed E-state index contributed by atoms with van der Waals surface area (Å²) >= 11 is 0. The Balaban J connectivity index is 1.82. The maximum Gasteiger partial charge on any atom is 0.336 e. The van der Waals surface area contributed by atoms with Gasteiger partial charge in [0.15, 0.2) is 0 Å². The fourth-order valence-electron chi connectivity index (χ4n) is 4.91. The van der Waals surface area contributed by atoms with E-state index in [9.17, 15) is 4.79 Å². The highest BCUT2D eigenvalue weighted by molar-refractivity contribution is 5.93. The van der Waals surface area contributed by atoms with Crippen LogP contribution >= 0.6 is 0 Å². The lowest BCUT2D eigenvalue weighted by Gasteiger charge is -2.33. The van der Waals surface area contributed by atoms with Crippen LogP contribution < -0.4 is 10.1 Å². The van der Waals surface area contributed by atoms with E-state index in [2.05, 4.69) is 5.32 Å². The molecule has 1 heterocycles. The molecule has 4 nitrogen and oxygen atoms in total. The first-order chi connectivity index (χ1) is 13.5. The van der Waals surface area contributed by atoms with E-state index in [1.807, 2.05) is 13.8 Å². The quantitative estimate of drug-likeness (QED) is 0.717. The zero-order chi connectivity index (χ0) is 19.9. The summed E-state index contributed by atoms with van der Waals surface area (Å²) in [6.07, 6.45) is 7.98. The summed E-state index contributed by atoms with van der Waals surface area (Å²) < 4.78 is 27.5. The second-order valence-corrected chi connectivity index (χ2v) is 8.53. The SMILES string of the molecule is CN[C@@]1(c2cc(OC3CCCC3)c(C(C)C)cc2F)OC(=O)C2=C1CCCC2. The molecule has 1 saturated carbocycles. The van der Waals surface area contributed by atoms with Gasteiger partial charge in [-0.1, -0.05) is 13.8 Å². The third-order valence-electron chi connectivity index (χ3n) is 6.43. The molecule has 152 valence electrons. The molecule has 1 atom stereocenters. The van der Waals surface area contributed by atoms with Crippen molar-refractivity contribution >= 4 is 5.97 Å². The van der Waals surface area contributed by atoms with Crippen molar-refractivity contribution in [1.29, 1.82) is 0 Å². The summed E-state index contributed by atoms with van der Waals surface area (Å²) in [7, 11) is 1.73. The molecule has 1 fully saturated rings. The Labute approximate surface area is 166 Å². The number of nitrogens with one attached hydrogen (secondary N) is 1. The Morgan fingerprint density at radius 2 is 1.89 bits per heavy atom. The van der Waals surface area contributed by atoms with Gasteiger partial charge in [-0.2, -0.15) is 0 Å². The second kappa shape index (κ2) is 7.51. The van der Waals surface area contributed by atoms with Gasteiger partial charge in [-0.05, 0) is 82.0 Å². The maximum atomic E-state index is 15.4. The molecule has 4 rings (SSSR count). The van der Waals surface area contributed by atoms with Crippen LogP contribution in [0, 0.1) is 5.82 Å². The molecule has 0 saturated heterocycles. The summed E-state index contributed by atoms with van der Waals surface area (Å²) in [6, 6.07) is 3.34. The van der Waals surface area contributed by atoms with E-state index in [1.54, 1.807) is 19.2 Å². The normalized spacial score (nSPS) is 25.4. The zero-order valence-electron chi connectivity index (χ0n) is 17.1. The molecule has 1 aromatic rings. The van der Waals surface area contributed by atoms with Crippen molar-refractivity contribution in [2.24, 2.45) is 0 Å². The van der Waals surface area contributed by atoms with Crippen LogP contribution in [-0.2, 0) is 15.3 Å². The Morgan fingerprint density at radius 3 is 2.57 bits per heavy atom. The van der Waals surface area contributed by atoms with Gasteiger partial charge in [0.25, 0.3) is 0 Å². The molecule has 0 aromatic heterocycles. The average Bonchev–Trinajstić information content (AvgIpc) is 3.30. The van der Waals surface area contributed by atoms with Crippen LogP contribution in [0.2, 0.25) is 0 Å². The Hall–Kier alpha value is -1.88. The van der Waals surface area contributed by atoms with Gasteiger partial charge in [0.1, 0.15) is 11.6 Å². The second-order valence-electron chi connectivity index (χ2n) is 8.53. The van der Waals surface area contributed by atoms with Crippen LogP contribution in [0.4, 0.5) is 4.39 Å². The number of carbonyl (C=O) groups excluding carboxylic acids is 1. The van der Waals surface area contributed by atoms with Gasteiger partial charge in [-0.3, -0.25) is 5.32 Å². The van der Waals surface area contributed by atoms with Gasteiger partial charge in [-0.15, -0.1) is 0 Å². The van der Waals surface area contributed by atoms with Crippen LogP contribution in [0.25, 0.3) is 0 Å². The van der Waals surface area contributed by atoms with Crippen LogP contribution in [0.5, 0.6) is 5.75 Å². The molecule has 0 unspecified atom stereocenters. The van der Waals surface area contributed by atoms with Gasteiger partial charge in [0.05, 0.1) is 11.7 Å². The number of halogens is 1. The van der Waals surface area contributed by atoms with E-state index >= 15 is 4.39 Å². The Bertz CT molecular complexity index is 810. The van der Waals surface area contributed by atoms with E-state index in [-0.39, 0.29) is 23.8 Å². The average molecular weight is 387 g/mol. The lowest BCUT2D eigenvalue weighted by atomic mass is 9.83. The molecule has 2 aliphatic carbocycles. The van der Waals surface area contributed by atoms with Gasteiger partial charge >= 0.3 is 5.97 Å². The van der Waals surface area contributed by atoms with Gasteiger partial charge in [0.2, 0.25) is 5.72 Å². The highest BCUT2D eigenvalue weighted by Gasteiger charge is 2.50. The molecule has 0 spiro atoms. The fourth-order valence-corrected chi connectivity index (χ4v) is 4.91. The molecular formula is C23H30FNO3. The monoisotopic (exact) mass is 387 g/mol. The van der Waals surface area contributed by atoms with E-state index < -0.39 is 5.72 Å².